The van der Waals surface area contributed by atoms with Crippen molar-refractivity contribution in [3.63, 3.8) is 0 Å². The van der Waals surface area contributed by atoms with Crippen molar-refractivity contribution in [3.8, 4) is 0 Å². The largest absolute Gasteiger partial charge is 0.370 e. The molecule has 1 spiro atoms. The van der Waals surface area contributed by atoms with E-state index in [1.807, 2.05) is 4.90 Å². The molecule has 1 amide bonds. The highest BCUT2D eigenvalue weighted by molar-refractivity contribution is 5.80. The molecule has 4 nitrogen and oxygen atoms in total. The molecule has 3 fully saturated rings. The van der Waals surface area contributed by atoms with Crippen LogP contribution >= 0.6 is 0 Å². The number of likely N-dealkylation sites (tertiary alicyclic amines) is 2. The number of rotatable bonds is 2. The molecule has 0 bridgehead atoms. The zero-order valence-electron chi connectivity index (χ0n) is 12.1. The Bertz CT molecular complexity index is 414. The lowest BCUT2D eigenvalue weighted by atomic mass is 9.87. The Morgan fingerprint density at radius 2 is 1.85 bits per heavy atom. The number of hydrogen-bond donors (Lipinski definition) is 0. The van der Waals surface area contributed by atoms with E-state index in [0.717, 1.165) is 39.0 Å². The van der Waals surface area contributed by atoms with Crippen molar-refractivity contribution in [1.29, 1.82) is 0 Å². The van der Waals surface area contributed by atoms with Gasteiger partial charge < -0.3 is 9.64 Å². The number of ether oxygens (including phenoxy) is 1. The Hall–Kier alpha value is -0.870. The van der Waals surface area contributed by atoms with Crippen molar-refractivity contribution in [1.82, 2.24) is 9.80 Å². The molecule has 110 valence electrons. The van der Waals surface area contributed by atoms with Gasteiger partial charge >= 0.3 is 0 Å². The zero-order valence-corrected chi connectivity index (χ0v) is 12.1. The number of allylic oxidation sites excluding steroid dienone is 2. The summed E-state index contributed by atoms with van der Waals surface area (Å²) in [5.41, 5.74) is -0.00501. The monoisotopic (exact) mass is 276 g/mol. The molecule has 0 aromatic carbocycles. The van der Waals surface area contributed by atoms with Gasteiger partial charge in [-0.3, -0.25) is 9.69 Å². The van der Waals surface area contributed by atoms with E-state index in [4.69, 9.17) is 4.74 Å². The van der Waals surface area contributed by atoms with Crippen LogP contribution in [0.4, 0.5) is 0 Å². The Balaban J connectivity index is 1.31. The maximum atomic E-state index is 12.3. The molecular weight excluding hydrogens is 252 g/mol. The van der Waals surface area contributed by atoms with Crippen LogP contribution in [0.25, 0.3) is 0 Å². The third-order valence-electron chi connectivity index (χ3n) is 5.47. The first kappa shape index (κ1) is 12.8. The van der Waals surface area contributed by atoms with Crippen molar-refractivity contribution in [2.45, 2.75) is 43.7 Å². The second-order valence-electron chi connectivity index (χ2n) is 6.93. The molecule has 1 aliphatic carbocycles. The van der Waals surface area contributed by atoms with Crippen LogP contribution in [-0.2, 0) is 9.53 Å². The molecule has 1 unspecified atom stereocenters. The highest BCUT2D eigenvalue weighted by Crippen LogP contribution is 2.39. The van der Waals surface area contributed by atoms with Crippen LogP contribution in [0.3, 0.4) is 0 Å². The van der Waals surface area contributed by atoms with Gasteiger partial charge in [-0.25, -0.2) is 0 Å². The number of carbonyl (C=O) groups excluding carboxylic acids is 1. The van der Waals surface area contributed by atoms with E-state index in [2.05, 4.69) is 17.1 Å². The molecule has 0 radical (unpaired) electrons. The second-order valence-corrected chi connectivity index (χ2v) is 6.93. The van der Waals surface area contributed by atoms with Crippen LogP contribution in [-0.4, -0.2) is 60.1 Å². The van der Waals surface area contributed by atoms with Crippen molar-refractivity contribution >= 4 is 5.91 Å². The van der Waals surface area contributed by atoms with Gasteiger partial charge in [0, 0.05) is 12.0 Å². The van der Waals surface area contributed by atoms with Gasteiger partial charge in [-0.05, 0) is 45.2 Å². The molecule has 0 aromatic rings. The quantitative estimate of drug-likeness (QED) is 0.715. The van der Waals surface area contributed by atoms with E-state index in [1.54, 1.807) is 0 Å². The summed E-state index contributed by atoms with van der Waals surface area (Å²) < 4.78 is 6.09. The lowest BCUT2D eigenvalue weighted by Crippen LogP contribution is -2.64. The first-order valence-corrected chi connectivity index (χ1v) is 8.08. The summed E-state index contributed by atoms with van der Waals surface area (Å²) >= 11 is 0. The molecule has 0 aromatic heterocycles. The predicted octanol–water partition coefficient (Wildman–Crippen LogP) is 1.42. The predicted molar refractivity (Wildman–Crippen MR) is 76.3 cm³/mol. The molecule has 3 saturated heterocycles. The van der Waals surface area contributed by atoms with Crippen molar-refractivity contribution < 1.29 is 9.53 Å². The van der Waals surface area contributed by atoms with Crippen molar-refractivity contribution in [2.75, 3.05) is 32.8 Å². The average Bonchev–Trinajstić information content (AvgIpc) is 3.14. The Morgan fingerprint density at radius 3 is 2.55 bits per heavy atom. The van der Waals surface area contributed by atoms with Crippen LogP contribution in [0.2, 0.25) is 0 Å². The molecule has 4 heteroatoms. The fraction of sp³-hybridized carbons (Fsp3) is 0.812. The van der Waals surface area contributed by atoms with Gasteiger partial charge in [-0.1, -0.05) is 12.2 Å². The van der Waals surface area contributed by atoms with Crippen LogP contribution < -0.4 is 0 Å². The summed E-state index contributed by atoms with van der Waals surface area (Å²) in [5.74, 6) is 0.553. The smallest absolute Gasteiger partial charge is 0.226 e. The van der Waals surface area contributed by atoms with Crippen LogP contribution in [0.1, 0.15) is 32.1 Å². The lowest BCUT2D eigenvalue weighted by Gasteiger charge is -2.48. The van der Waals surface area contributed by atoms with E-state index in [0.29, 0.717) is 11.9 Å². The van der Waals surface area contributed by atoms with Gasteiger partial charge in [0.15, 0.2) is 0 Å². The Labute approximate surface area is 120 Å². The van der Waals surface area contributed by atoms with Gasteiger partial charge in [0.25, 0.3) is 0 Å². The van der Waals surface area contributed by atoms with Gasteiger partial charge in [0.2, 0.25) is 5.91 Å². The summed E-state index contributed by atoms with van der Waals surface area (Å²) in [7, 11) is 0. The molecule has 4 rings (SSSR count). The third-order valence-corrected chi connectivity index (χ3v) is 5.47. The summed E-state index contributed by atoms with van der Waals surface area (Å²) in [6.07, 6.45) is 9.92. The third kappa shape index (κ3) is 2.09. The Morgan fingerprint density at radius 1 is 1.15 bits per heavy atom. The molecule has 4 aliphatic rings. The highest BCUT2D eigenvalue weighted by atomic mass is 16.5. The molecule has 1 atom stereocenters. The summed E-state index contributed by atoms with van der Waals surface area (Å²) in [4.78, 5) is 16.9. The van der Waals surface area contributed by atoms with E-state index in [-0.39, 0.29) is 11.5 Å². The van der Waals surface area contributed by atoms with Gasteiger partial charge in [0.05, 0.1) is 19.7 Å². The zero-order chi connectivity index (χ0) is 13.6. The summed E-state index contributed by atoms with van der Waals surface area (Å²) in [6, 6.07) is 0.600. The molecule has 0 saturated carbocycles. The maximum Gasteiger partial charge on any atom is 0.226 e. The van der Waals surface area contributed by atoms with Crippen LogP contribution in [0.5, 0.6) is 0 Å². The topological polar surface area (TPSA) is 32.8 Å². The Kier molecular flexibility index (Phi) is 3.11. The first-order valence-electron chi connectivity index (χ1n) is 8.08. The number of hydrogen-bond acceptors (Lipinski definition) is 3. The number of nitrogens with zero attached hydrogens (tertiary/aromatic N) is 2. The summed E-state index contributed by atoms with van der Waals surface area (Å²) in [5, 5.41) is 0. The molecule has 3 heterocycles. The number of amides is 1. The van der Waals surface area contributed by atoms with Crippen molar-refractivity contribution in [3.05, 3.63) is 12.2 Å². The lowest BCUT2D eigenvalue weighted by molar-refractivity contribution is -0.161. The molecule has 0 N–H and O–H groups in total. The van der Waals surface area contributed by atoms with Crippen LogP contribution in [0.15, 0.2) is 12.2 Å². The second kappa shape index (κ2) is 4.85. The van der Waals surface area contributed by atoms with Gasteiger partial charge in [-0.2, -0.15) is 0 Å². The molecular formula is C16H24N2O2. The van der Waals surface area contributed by atoms with E-state index in [1.165, 1.54) is 25.9 Å². The SMILES string of the molecule is O=C(C1CC=CC1)N1CC2(CC(N3CCCC3)CO2)C1. The molecule has 3 aliphatic heterocycles. The normalized spacial score (nSPS) is 33.2. The first-order chi connectivity index (χ1) is 9.76. The van der Waals surface area contributed by atoms with Gasteiger partial charge in [0.1, 0.15) is 5.60 Å². The van der Waals surface area contributed by atoms with E-state index in [9.17, 15) is 4.79 Å². The van der Waals surface area contributed by atoms with E-state index < -0.39 is 0 Å². The van der Waals surface area contributed by atoms with E-state index >= 15 is 0 Å². The minimum Gasteiger partial charge on any atom is -0.370 e. The van der Waals surface area contributed by atoms with Crippen LogP contribution in [0, 0.1) is 5.92 Å². The molecule has 20 heavy (non-hydrogen) atoms. The average molecular weight is 276 g/mol. The fourth-order valence-electron chi connectivity index (χ4n) is 4.26. The number of carbonyl (C=O) groups is 1. The minimum atomic E-state index is -0.00501. The summed E-state index contributed by atoms with van der Waals surface area (Å²) in [6.45, 7) is 4.99. The maximum absolute atomic E-state index is 12.3. The standard InChI is InChI=1S/C16H24N2O2/c19-15(13-5-1-2-6-13)18-11-16(12-18)9-14(10-20-16)17-7-3-4-8-17/h1-2,13-14H,3-12H2. The fourth-order valence-corrected chi connectivity index (χ4v) is 4.26. The minimum absolute atomic E-state index is 0.00501. The van der Waals surface area contributed by atoms with Crippen molar-refractivity contribution in [2.24, 2.45) is 5.92 Å². The highest BCUT2D eigenvalue weighted by Gasteiger charge is 2.52. The van der Waals surface area contributed by atoms with Gasteiger partial charge in [-0.15, -0.1) is 0 Å².